The van der Waals surface area contributed by atoms with Gasteiger partial charge in [0, 0.05) is 11.6 Å². The number of hydrogen-bond donors (Lipinski definition) is 3. The molecule has 6 nitrogen and oxygen atoms in total. The Balaban J connectivity index is 2.10. The summed E-state index contributed by atoms with van der Waals surface area (Å²) in [6.07, 6.45) is 1.88. The van der Waals surface area contributed by atoms with Gasteiger partial charge in [-0.2, -0.15) is 0 Å². The van der Waals surface area contributed by atoms with Crippen LogP contribution in [0.5, 0.6) is 0 Å². The lowest BCUT2D eigenvalue weighted by Gasteiger charge is -2.24. The molecule has 2 unspecified atom stereocenters. The van der Waals surface area contributed by atoms with Gasteiger partial charge in [-0.25, -0.2) is 9.59 Å². The number of allylic oxidation sites excluding steroid dienone is 1. The van der Waals surface area contributed by atoms with Crippen molar-refractivity contribution in [3.8, 4) is 0 Å². The number of carbonyl (C=O) groups is 1. The number of aliphatic hydroxyl groups excluding tert-OH is 1. The fraction of sp³-hybridized carbons (Fsp3) is 0.333. The number of nitrogens with one attached hydrogen (secondary N) is 1. The fourth-order valence-electron chi connectivity index (χ4n) is 3.21. The summed E-state index contributed by atoms with van der Waals surface area (Å²) < 4.78 is 5.37. The van der Waals surface area contributed by atoms with Crippen molar-refractivity contribution < 1.29 is 19.4 Å². The first kappa shape index (κ1) is 16.3. The SMILES string of the molecule is CC(O)c1oc(=O)c2ccccc2c1C1=CCC(NC(=O)O)CC1. The summed E-state index contributed by atoms with van der Waals surface area (Å²) >= 11 is 0. The molecule has 24 heavy (non-hydrogen) atoms. The van der Waals surface area contributed by atoms with Crippen molar-refractivity contribution in [2.75, 3.05) is 0 Å². The minimum atomic E-state index is -1.03. The van der Waals surface area contributed by atoms with Crippen molar-refractivity contribution in [3.05, 3.63) is 52.1 Å². The molecule has 0 bridgehead atoms. The number of amides is 1. The molecule has 0 spiro atoms. The zero-order chi connectivity index (χ0) is 17.3. The maximum Gasteiger partial charge on any atom is 0.404 e. The summed E-state index contributed by atoms with van der Waals surface area (Å²) in [5.74, 6) is 0.259. The monoisotopic (exact) mass is 329 g/mol. The number of carboxylic acid groups (broad SMARTS) is 1. The Bertz CT molecular complexity index is 865. The predicted molar refractivity (Wildman–Crippen MR) is 89.9 cm³/mol. The minimum Gasteiger partial charge on any atom is -0.465 e. The fourth-order valence-corrected chi connectivity index (χ4v) is 3.21. The Morgan fingerprint density at radius 1 is 1.33 bits per heavy atom. The van der Waals surface area contributed by atoms with E-state index in [-0.39, 0.29) is 11.8 Å². The van der Waals surface area contributed by atoms with Crippen LogP contribution < -0.4 is 10.9 Å². The van der Waals surface area contributed by atoms with Crippen LogP contribution in [0.2, 0.25) is 0 Å². The molecule has 0 aliphatic heterocycles. The van der Waals surface area contributed by atoms with E-state index in [0.717, 1.165) is 16.5 Å². The summed E-state index contributed by atoms with van der Waals surface area (Å²) in [5, 5.41) is 22.6. The van der Waals surface area contributed by atoms with Crippen molar-refractivity contribution in [2.24, 2.45) is 0 Å². The van der Waals surface area contributed by atoms with Gasteiger partial charge in [0.05, 0.1) is 5.39 Å². The van der Waals surface area contributed by atoms with Crippen LogP contribution in [0.15, 0.2) is 39.6 Å². The minimum absolute atomic E-state index is 0.122. The van der Waals surface area contributed by atoms with Gasteiger partial charge in [-0.05, 0) is 43.2 Å². The molecule has 6 heteroatoms. The lowest BCUT2D eigenvalue weighted by Crippen LogP contribution is -2.34. The molecule has 2 aromatic rings. The van der Waals surface area contributed by atoms with Gasteiger partial charge in [0.1, 0.15) is 11.9 Å². The second kappa shape index (κ2) is 6.49. The van der Waals surface area contributed by atoms with E-state index in [4.69, 9.17) is 9.52 Å². The van der Waals surface area contributed by atoms with E-state index in [1.807, 2.05) is 18.2 Å². The molecule has 1 aromatic heterocycles. The van der Waals surface area contributed by atoms with Gasteiger partial charge in [-0.3, -0.25) is 0 Å². The van der Waals surface area contributed by atoms with Gasteiger partial charge in [0.25, 0.3) is 0 Å². The molecular formula is C18H19NO5. The van der Waals surface area contributed by atoms with Crippen molar-refractivity contribution in [3.63, 3.8) is 0 Å². The van der Waals surface area contributed by atoms with E-state index < -0.39 is 17.8 Å². The summed E-state index contributed by atoms with van der Waals surface area (Å²) in [6, 6.07) is 7.04. The van der Waals surface area contributed by atoms with Crippen LogP contribution in [0, 0.1) is 0 Å². The molecule has 1 heterocycles. The first-order valence-corrected chi connectivity index (χ1v) is 7.90. The van der Waals surface area contributed by atoms with Gasteiger partial charge < -0.3 is 19.9 Å². The maximum absolute atomic E-state index is 12.1. The topological polar surface area (TPSA) is 99.8 Å². The van der Waals surface area contributed by atoms with Crippen molar-refractivity contribution >= 4 is 22.4 Å². The van der Waals surface area contributed by atoms with Crippen LogP contribution in [0.25, 0.3) is 16.3 Å². The molecule has 0 saturated heterocycles. The second-order valence-electron chi connectivity index (χ2n) is 6.00. The second-order valence-corrected chi connectivity index (χ2v) is 6.00. The largest absolute Gasteiger partial charge is 0.465 e. The van der Waals surface area contributed by atoms with E-state index in [1.165, 1.54) is 0 Å². The van der Waals surface area contributed by atoms with E-state index in [9.17, 15) is 14.7 Å². The van der Waals surface area contributed by atoms with Crippen molar-refractivity contribution in [1.29, 1.82) is 0 Å². The summed E-state index contributed by atoms with van der Waals surface area (Å²) in [5.41, 5.74) is 1.25. The number of rotatable bonds is 3. The number of aliphatic hydroxyl groups is 1. The summed E-state index contributed by atoms with van der Waals surface area (Å²) in [4.78, 5) is 22.9. The normalized spacial score (nSPS) is 18.9. The summed E-state index contributed by atoms with van der Waals surface area (Å²) in [7, 11) is 0. The average molecular weight is 329 g/mol. The zero-order valence-electron chi connectivity index (χ0n) is 13.3. The lowest BCUT2D eigenvalue weighted by atomic mass is 9.87. The molecule has 0 radical (unpaired) electrons. The number of fused-ring (bicyclic) bond motifs is 1. The Hall–Kier alpha value is -2.60. The third kappa shape index (κ3) is 3.05. The smallest absolute Gasteiger partial charge is 0.404 e. The van der Waals surface area contributed by atoms with Crippen LogP contribution >= 0.6 is 0 Å². The predicted octanol–water partition coefficient (Wildman–Crippen LogP) is 3.05. The Morgan fingerprint density at radius 2 is 2.04 bits per heavy atom. The molecule has 1 aliphatic rings. The highest BCUT2D eigenvalue weighted by molar-refractivity contribution is 5.94. The Kier molecular flexibility index (Phi) is 4.40. The van der Waals surface area contributed by atoms with E-state index >= 15 is 0 Å². The van der Waals surface area contributed by atoms with Gasteiger partial charge >= 0.3 is 11.7 Å². The molecule has 0 fully saturated rings. The standard InChI is InChI=1S/C18H19NO5/c1-10(20)16-15(11-6-8-12(9-7-11)19-18(22)23)13-4-2-3-5-14(13)17(21)24-16/h2-6,10,12,19-20H,7-9H2,1H3,(H,22,23). The van der Waals surface area contributed by atoms with Crippen molar-refractivity contribution in [2.45, 2.75) is 38.3 Å². The van der Waals surface area contributed by atoms with Gasteiger partial charge in [0.15, 0.2) is 0 Å². The van der Waals surface area contributed by atoms with Crippen LogP contribution in [0.1, 0.15) is 43.6 Å². The highest BCUT2D eigenvalue weighted by atomic mass is 16.4. The van der Waals surface area contributed by atoms with E-state index in [0.29, 0.717) is 24.6 Å². The molecule has 3 rings (SSSR count). The molecule has 0 saturated carbocycles. The van der Waals surface area contributed by atoms with Gasteiger partial charge in [-0.15, -0.1) is 0 Å². The first-order chi connectivity index (χ1) is 11.5. The molecule has 126 valence electrons. The van der Waals surface area contributed by atoms with Gasteiger partial charge in [-0.1, -0.05) is 24.3 Å². The Morgan fingerprint density at radius 3 is 2.62 bits per heavy atom. The lowest BCUT2D eigenvalue weighted by molar-refractivity contribution is 0.164. The molecule has 1 aromatic carbocycles. The zero-order valence-corrected chi connectivity index (χ0v) is 13.3. The maximum atomic E-state index is 12.1. The molecular weight excluding hydrogens is 310 g/mol. The van der Waals surface area contributed by atoms with Gasteiger partial charge in [0.2, 0.25) is 0 Å². The quantitative estimate of drug-likeness (QED) is 0.803. The molecule has 3 N–H and O–H groups in total. The number of hydrogen-bond acceptors (Lipinski definition) is 4. The van der Waals surface area contributed by atoms with E-state index in [2.05, 4.69) is 5.32 Å². The molecule has 1 aliphatic carbocycles. The highest BCUT2D eigenvalue weighted by Crippen LogP contribution is 2.35. The van der Waals surface area contributed by atoms with E-state index in [1.54, 1.807) is 19.1 Å². The third-order valence-electron chi connectivity index (χ3n) is 4.30. The molecule has 1 amide bonds. The molecule has 2 atom stereocenters. The first-order valence-electron chi connectivity index (χ1n) is 7.90. The van der Waals surface area contributed by atoms with Crippen LogP contribution in [0.3, 0.4) is 0 Å². The highest BCUT2D eigenvalue weighted by Gasteiger charge is 2.24. The van der Waals surface area contributed by atoms with Crippen molar-refractivity contribution in [1.82, 2.24) is 5.32 Å². The Labute approximate surface area is 138 Å². The van der Waals surface area contributed by atoms with Crippen LogP contribution in [0.4, 0.5) is 4.79 Å². The average Bonchev–Trinajstić information content (AvgIpc) is 2.55. The van der Waals surface area contributed by atoms with Crippen LogP contribution in [-0.4, -0.2) is 22.3 Å². The third-order valence-corrected chi connectivity index (χ3v) is 4.30. The van der Waals surface area contributed by atoms with Crippen LogP contribution in [-0.2, 0) is 0 Å². The summed E-state index contributed by atoms with van der Waals surface area (Å²) in [6.45, 7) is 1.56. The number of benzene rings is 1.